The summed E-state index contributed by atoms with van der Waals surface area (Å²) in [7, 11) is 0. The molecular formula is C19H30O6. The van der Waals surface area contributed by atoms with Gasteiger partial charge in [-0.1, -0.05) is 19.3 Å². The molecule has 3 saturated heterocycles. The molecule has 0 aromatic rings. The molecule has 3 fully saturated rings. The Bertz CT molecular complexity index is 457. The third-order valence-electron chi connectivity index (χ3n) is 5.25. The van der Waals surface area contributed by atoms with E-state index in [2.05, 4.69) is 0 Å². The summed E-state index contributed by atoms with van der Waals surface area (Å²) in [4.78, 5) is 23.9. The number of ether oxygens (including phenoxy) is 4. The molecule has 3 aliphatic rings. The molecule has 6 heteroatoms. The maximum atomic E-state index is 12.3. The predicted octanol–water partition coefficient (Wildman–Crippen LogP) is 2.91. The molecule has 25 heavy (non-hydrogen) atoms. The van der Waals surface area contributed by atoms with Crippen molar-refractivity contribution in [2.45, 2.75) is 88.6 Å². The quantitative estimate of drug-likeness (QED) is 0.623. The Balaban J connectivity index is 1.60. The third-order valence-corrected chi connectivity index (χ3v) is 5.25. The Morgan fingerprint density at radius 1 is 0.800 bits per heavy atom. The summed E-state index contributed by atoms with van der Waals surface area (Å²) in [5.74, 6) is -0.609. The minimum atomic E-state index is -0.552. The van der Waals surface area contributed by atoms with E-state index in [4.69, 9.17) is 18.9 Å². The fourth-order valence-corrected chi connectivity index (χ4v) is 4.04. The van der Waals surface area contributed by atoms with Crippen LogP contribution in [0.1, 0.15) is 70.6 Å². The lowest BCUT2D eigenvalue weighted by Gasteiger charge is -2.40. The van der Waals surface area contributed by atoms with E-state index in [1.54, 1.807) is 0 Å². The van der Waals surface area contributed by atoms with Crippen molar-refractivity contribution in [3.8, 4) is 0 Å². The van der Waals surface area contributed by atoms with Crippen LogP contribution in [-0.2, 0) is 28.5 Å². The zero-order valence-corrected chi connectivity index (χ0v) is 15.0. The summed E-state index contributed by atoms with van der Waals surface area (Å²) in [6, 6.07) is 0. The molecule has 0 saturated carbocycles. The van der Waals surface area contributed by atoms with Crippen LogP contribution in [0.5, 0.6) is 0 Å². The van der Waals surface area contributed by atoms with Gasteiger partial charge in [0, 0.05) is 32.1 Å². The molecule has 0 N–H and O–H groups in total. The van der Waals surface area contributed by atoms with E-state index in [-0.39, 0.29) is 24.0 Å². The van der Waals surface area contributed by atoms with Crippen LogP contribution in [0.3, 0.4) is 0 Å². The maximum Gasteiger partial charge on any atom is 0.305 e. The van der Waals surface area contributed by atoms with Crippen LogP contribution < -0.4 is 0 Å². The van der Waals surface area contributed by atoms with Gasteiger partial charge in [0.1, 0.15) is 5.78 Å². The number of rotatable bonds is 0. The minimum Gasteiger partial charge on any atom is -0.466 e. The molecule has 3 aliphatic heterocycles. The first-order chi connectivity index (χ1) is 12.2. The molecule has 0 aromatic heterocycles. The SMILES string of the molecule is O=C1CCCC(=O)OCCCCCC[C@@H]2CC3(C[C@H](C1)O2)OCCO3. The van der Waals surface area contributed by atoms with Gasteiger partial charge in [0.15, 0.2) is 5.79 Å². The average Bonchev–Trinajstić information content (AvgIpc) is 3.00. The van der Waals surface area contributed by atoms with Crippen molar-refractivity contribution in [3.05, 3.63) is 0 Å². The maximum absolute atomic E-state index is 12.3. The first-order valence-electron chi connectivity index (χ1n) is 9.76. The first-order valence-corrected chi connectivity index (χ1v) is 9.76. The summed E-state index contributed by atoms with van der Waals surface area (Å²) >= 11 is 0. The summed E-state index contributed by atoms with van der Waals surface area (Å²) in [5, 5.41) is 0. The summed E-state index contributed by atoms with van der Waals surface area (Å²) < 4.78 is 23.2. The van der Waals surface area contributed by atoms with Gasteiger partial charge in [-0.2, -0.15) is 0 Å². The van der Waals surface area contributed by atoms with Gasteiger partial charge in [-0.05, 0) is 19.3 Å². The van der Waals surface area contributed by atoms with Gasteiger partial charge >= 0.3 is 5.97 Å². The number of esters is 1. The number of carbonyl (C=O) groups is 2. The number of hydrogen-bond donors (Lipinski definition) is 0. The highest BCUT2D eigenvalue weighted by molar-refractivity contribution is 5.79. The lowest BCUT2D eigenvalue weighted by atomic mass is 9.91. The normalized spacial score (nSPS) is 32.5. The van der Waals surface area contributed by atoms with Crippen LogP contribution in [0.4, 0.5) is 0 Å². The molecular weight excluding hydrogens is 324 g/mol. The van der Waals surface area contributed by atoms with Crippen LogP contribution >= 0.6 is 0 Å². The third kappa shape index (κ3) is 5.76. The van der Waals surface area contributed by atoms with Crippen molar-refractivity contribution in [1.82, 2.24) is 0 Å². The number of ketones is 1. The highest BCUT2D eigenvalue weighted by Gasteiger charge is 2.45. The van der Waals surface area contributed by atoms with Crippen molar-refractivity contribution >= 4 is 11.8 Å². The standard InChI is InChI=1S/C19H30O6/c20-15-6-5-8-18(21)22-9-4-2-1-3-7-16-13-19(23-10-11-24-19)14-17(12-15)25-16/h16-17H,1-14H2/t16-,17+/m1/s1. The molecule has 3 rings (SSSR count). The van der Waals surface area contributed by atoms with Gasteiger partial charge in [0.2, 0.25) is 0 Å². The molecule has 6 nitrogen and oxygen atoms in total. The largest absolute Gasteiger partial charge is 0.466 e. The lowest BCUT2D eigenvalue weighted by molar-refractivity contribution is -0.241. The van der Waals surface area contributed by atoms with Crippen molar-refractivity contribution in [1.29, 1.82) is 0 Å². The Hall–Kier alpha value is -0.980. The van der Waals surface area contributed by atoms with Gasteiger partial charge in [0.25, 0.3) is 0 Å². The van der Waals surface area contributed by atoms with Gasteiger partial charge in [0.05, 0.1) is 32.0 Å². The van der Waals surface area contributed by atoms with E-state index in [0.29, 0.717) is 51.9 Å². The number of fused-ring (bicyclic) bond motifs is 2. The van der Waals surface area contributed by atoms with Crippen LogP contribution in [0.25, 0.3) is 0 Å². The fraction of sp³-hybridized carbons (Fsp3) is 0.895. The molecule has 0 aliphatic carbocycles. The summed E-state index contributed by atoms with van der Waals surface area (Å²) in [6.45, 7) is 1.73. The second kappa shape index (κ2) is 9.10. The molecule has 0 amide bonds. The van der Waals surface area contributed by atoms with E-state index < -0.39 is 5.79 Å². The van der Waals surface area contributed by atoms with E-state index in [1.807, 2.05) is 0 Å². The van der Waals surface area contributed by atoms with Crippen LogP contribution in [0, 0.1) is 0 Å². The smallest absolute Gasteiger partial charge is 0.305 e. The van der Waals surface area contributed by atoms with Crippen LogP contribution in [-0.4, -0.2) is 49.6 Å². The zero-order valence-electron chi connectivity index (χ0n) is 15.0. The van der Waals surface area contributed by atoms with E-state index in [9.17, 15) is 9.59 Å². The molecule has 0 unspecified atom stereocenters. The molecule has 0 radical (unpaired) electrons. The number of hydrogen-bond acceptors (Lipinski definition) is 6. The number of cyclic esters (lactones) is 1. The Morgan fingerprint density at radius 2 is 1.56 bits per heavy atom. The minimum absolute atomic E-state index is 0.0929. The van der Waals surface area contributed by atoms with E-state index in [1.165, 1.54) is 0 Å². The predicted molar refractivity (Wildman–Crippen MR) is 90.0 cm³/mol. The average molecular weight is 354 g/mol. The molecule has 142 valence electrons. The molecule has 2 atom stereocenters. The number of carbonyl (C=O) groups excluding carboxylic acids is 2. The zero-order chi connectivity index (χ0) is 17.5. The van der Waals surface area contributed by atoms with Gasteiger partial charge in [-0.15, -0.1) is 0 Å². The van der Waals surface area contributed by atoms with E-state index >= 15 is 0 Å². The second-order valence-electron chi connectivity index (χ2n) is 7.42. The Labute approximate surface area is 149 Å². The monoisotopic (exact) mass is 354 g/mol. The highest BCUT2D eigenvalue weighted by Crippen LogP contribution is 2.38. The molecule has 3 heterocycles. The van der Waals surface area contributed by atoms with Crippen molar-refractivity contribution in [2.75, 3.05) is 19.8 Å². The van der Waals surface area contributed by atoms with Crippen molar-refractivity contribution in [3.63, 3.8) is 0 Å². The van der Waals surface area contributed by atoms with Gasteiger partial charge in [-0.25, -0.2) is 0 Å². The van der Waals surface area contributed by atoms with Crippen molar-refractivity contribution in [2.24, 2.45) is 0 Å². The van der Waals surface area contributed by atoms with Crippen molar-refractivity contribution < 1.29 is 28.5 Å². The topological polar surface area (TPSA) is 71.1 Å². The summed E-state index contributed by atoms with van der Waals surface area (Å²) in [6.07, 6.45) is 8.03. The van der Waals surface area contributed by atoms with Crippen LogP contribution in [0.2, 0.25) is 0 Å². The van der Waals surface area contributed by atoms with Gasteiger partial charge in [-0.3, -0.25) is 9.59 Å². The fourth-order valence-electron chi connectivity index (χ4n) is 4.04. The summed E-state index contributed by atoms with van der Waals surface area (Å²) in [5.41, 5.74) is 0. The second-order valence-corrected chi connectivity index (χ2v) is 7.42. The Morgan fingerprint density at radius 3 is 2.40 bits per heavy atom. The molecule has 1 spiro atoms. The van der Waals surface area contributed by atoms with Gasteiger partial charge < -0.3 is 18.9 Å². The molecule has 2 bridgehead atoms. The molecule has 0 aromatic carbocycles. The number of Topliss-reactive ketones (excluding diaryl/α,β-unsaturated/α-hetero) is 1. The van der Waals surface area contributed by atoms with E-state index in [0.717, 1.165) is 38.5 Å². The Kier molecular flexibility index (Phi) is 6.84. The lowest BCUT2D eigenvalue weighted by Crippen LogP contribution is -2.46. The highest BCUT2D eigenvalue weighted by atomic mass is 16.7. The van der Waals surface area contributed by atoms with Crippen LogP contribution in [0.15, 0.2) is 0 Å². The first kappa shape index (κ1) is 18.8.